The molecular formula is C22H17F2N3OS. The Morgan fingerprint density at radius 3 is 2.48 bits per heavy atom. The largest absolute Gasteiger partial charge is 0.318 e. The Bertz CT molecular complexity index is 1250. The second-order valence-electron chi connectivity index (χ2n) is 6.72. The van der Waals surface area contributed by atoms with E-state index in [2.05, 4.69) is 15.3 Å². The number of carbonyl (C=O) groups is 1. The van der Waals surface area contributed by atoms with Crippen molar-refractivity contribution in [1.29, 1.82) is 0 Å². The molecule has 0 saturated heterocycles. The highest BCUT2D eigenvalue weighted by atomic mass is 32.1. The zero-order chi connectivity index (χ0) is 20.7. The number of aryl methyl sites for hydroxylation is 3. The van der Waals surface area contributed by atoms with Gasteiger partial charge in [0.1, 0.15) is 22.3 Å². The lowest BCUT2D eigenvalue weighted by Gasteiger charge is -2.13. The molecule has 0 saturated carbocycles. The molecule has 0 fully saturated rings. The Kier molecular flexibility index (Phi) is 4.84. The predicted octanol–water partition coefficient (Wildman–Crippen LogP) is 5.81. The number of anilines is 1. The van der Waals surface area contributed by atoms with Gasteiger partial charge in [0, 0.05) is 22.7 Å². The fourth-order valence-electron chi connectivity index (χ4n) is 3.41. The van der Waals surface area contributed by atoms with Gasteiger partial charge in [0.05, 0.1) is 10.6 Å². The molecule has 4 aromatic rings. The van der Waals surface area contributed by atoms with Crippen molar-refractivity contribution >= 4 is 33.1 Å². The fraction of sp³-hybridized carbons (Fsp3) is 0.136. The molecule has 0 spiro atoms. The van der Waals surface area contributed by atoms with Gasteiger partial charge in [-0.1, -0.05) is 30.3 Å². The van der Waals surface area contributed by atoms with Crippen LogP contribution >= 0.6 is 11.3 Å². The number of rotatable bonds is 3. The van der Waals surface area contributed by atoms with Gasteiger partial charge in [-0.3, -0.25) is 4.79 Å². The van der Waals surface area contributed by atoms with Crippen LogP contribution in [0.2, 0.25) is 0 Å². The van der Waals surface area contributed by atoms with Gasteiger partial charge >= 0.3 is 0 Å². The minimum Gasteiger partial charge on any atom is -0.318 e. The summed E-state index contributed by atoms with van der Waals surface area (Å²) in [6.07, 6.45) is 0. The van der Waals surface area contributed by atoms with Crippen molar-refractivity contribution in [2.45, 2.75) is 20.8 Å². The number of nitrogens with zero attached hydrogens (tertiary/aromatic N) is 2. The maximum absolute atomic E-state index is 14.6. The van der Waals surface area contributed by atoms with Gasteiger partial charge in [-0.25, -0.2) is 18.7 Å². The number of benzene rings is 2. The highest BCUT2D eigenvalue weighted by molar-refractivity contribution is 7.20. The van der Waals surface area contributed by atoms with E-state index in [0.29, 0.717) is 21.1 Å². The number of carbonyl (C=O) groups excluding carboxylic acids is 1. The van der Waals surface area contributed by atoms with Gasteiger partial charge in [0.2, 0.25) is 0 Å². The summed E-state index contributed by atoms with van der Waals surface area (Å²) in [6.45, 7) is 5.48. The van der Waals surface area contributed by atoms with E-state index in [1.807, 2.05) is 19.9 Å². The van der Waals surface area contributed by atoms with Crippen LogP contribution in [0.3, 0.4) is 0 Å². The predicted molar refractivity (Wildman–Crippen MR) is 111 cm³/mol. The van der Waals surface area contributed by atoms with Crippen LogP contribution in [0.4, 0.5) is 14.5 Å². The third-order valence-electron chi connectivity index (χ3n) is 4.67. The van der Waals surface area contributed by atoms with Gasteiger partial charge in [0.15, 0.2) is 0 Å². The molecule has 29 heavy (non-hydrogen) atoms. The molecular weight excluding hydrogens is 392 g/mol. The molecule has 2 aromatic heterocycles. The third kappa shape index (κ3) is 3.49. The van der Waals surface area contributed by atoms with Crippen molar-refractivity contribution < 1.29 is 13.6 Å². The van der Waals surface area contributed by atoms with Crippen molar-refractivity contribution in [2.75, 3.05) is 5.32 Å². The summed E-state index contributed by atoms with van der Waals surface area (Å²) in [7, 11) is 0. The first-order valence-electron chi connectivity index (χ1n) is 8.95. The molecule has 2 heterocycles. The summed E-state index contributed by atoms with van der Waals surface area (Å²) in [5.74, 6) is -1.38. The number of halogens is 2. The quantitative estimate of drug-likeness (QED) is 0.464. The van der Waals surface area contributed by atoms with Crippen LogP contribution in [0.5, 0.6) is 0 Å². The van der Waals surface area contributed by atoms with Gasteiger partial charge in [-0.15, -0.1) is 11.3 Å². The number of hydrogen-bond acceptors (Lipinski definition) is 4. The van der Waals surface area contributed by atoms with E-state index >= 15 is 0 Å². The summed E-state index contributed by atoms with van der Waals surface area (Å²) in [6, 6.07) is 10.8. The van der Waals surface area contributed by atoms with Crippen LogP contribution in [-0.2, 0) is 0 Å². The standard InChI is InChI=1S/C22H17F2N3OS/c1-11-18-12(2)25-13(3)26-22(18)29-20(11)21(28)27-19-16(9-15(23)10-17(19)24)14-7-5-4-6-8-14/h4-10H,1-3H3,(H,27,28). The molecule has 1 amide bonds. The second kappa shape index (κ2) is 7.33. The summed E-state index contributed by atoms with van der Waals surface area (Å²) in [5.41, 5.74) is 2.36. The van der Waals surface area contributed by atoms with Crippen LogP contribution in [0.15, 0.2) is 42.5 Å². The average Bonchev–Trinajstić information content (AvgIpc) is 3.01. The second-order valence-corrected chi connectivity index (χ2v) is 7.72. The Hall–Kier alpha value is -3.19. The first kappa shape index (κ1) is 19.1. The normalized spacial score (nSPS) is 11.1. The zero-order valence-electron chi connectivity index (χ0n) is 16.0. The van der Waals surface area contributed by atoms with E-state index in [4.69, 9.17) is 0 Å². The van der Waals surface area contributed by atoms with E-state index in [1.165, 1.54) is 17.4 Å². The van der Waals surface area contributed by atoms with Crippen molar-refractivity contribution in [2.24, 2.45) is 0 Å². The molecule has 0 aliphatic carbocycles. The first-order valence-corrected chi connectivity index (χ1v) is 9.77. The molecule has 4 nitrogen and oxygen atoms in total. The van der Waals surface area contributed by atoms with E-state index in [0.717, 1.165) is 22.7 Å². The van der Waals surface area contributed by atoms with Crippen molar-refractivity contribution in [3.8, 4) is 11.1 Å². The monoisotopic (exact) mass is 409 g/mol. The van der Waals surface area contributed by atoms with E-state index in [9.17, 15) is 13.6 Å². The Morgan fingerprint density at radius 2 is 1.76 bits per heavy atom. The third-order valence-corrected chi connectivity index (χ3v) is 5.85. The molecule has 0 aliphatic heterocycles. The average molecular weight is 409 g/mol. The molecule has 0 radical (unpaired) electrons. The van der Waals surface area contributed by atoms with Gasteiger partial charge in [-0.2, -0.15) is 0 Å². The summed E-state index contributed by atoms with van der Waals surface area (Å²) in [4.78, 5) is 22.9. The van der Waals surface area contributed by atoms with Crippen LogP contribution in [0, 0.1) is 32.4 Å². The molecule has 0 unspecified atom stereocenters. The molecule has 0 atom stereocenters. The fourth-order valence-corrected chi connectivity index (χ4v) is 4.58. The van der Waals surface area contributed by atoms with Gasteiger partial charge in [-0.05, 0) is 38.0 Å². The minimum absolute atomic E-state index is 0.0570. The molecule has 4 rings (SSSR count). The topological polar surface area (TPSA) is 54.9 Å². The maximum atomic E-state index is 14.6. The number of nitrogens with one attached hydrogen (secondary N) is 1. The molecule has 1 N–H and O–H groups in total. The number of thiophene rings is 1. The first-order chi connectivity index (χ1) is 13.8. The van der Waals surface area contributed by atoms with Gasteiger partial charge < -0.3 is 5.32 Å². The Labute approximate surface area is 170 Å². The van der Waals surface area contributed by atoms with Crippen molar-refractivity contribution in [3.63, 3.8) is 0 Å². The van der Waals surface area contributed by atoms with Crippen LogP contribution < -0.4 is 5.32 Å². The molecule has 0 aliphatic rings. The molecule has 7 heteroatoms. The van der Waals surface area contributed by atoms with E-state index in [1.54, 1.807) is 31.2 Å². The van der Waals surface area contributed by atoms with Crippen LogP contribution in [0.25, 0.3) is 21.3 Å². The number of amides is 1. The lowest BCUT2D eigenvalue weighted by atomic mass is 10.0. The number of aromatic nitrogens is 2. The van der Waals surface area contributed by atoms with Crippen molar-refractivity contribution in [1.82, 2.24) is 9.97 Å². The summed E-state index contributed by atoms with van der Waals surface area (Å²) < 4.78 is 28.5. The van der Waals surface area contributed by atoms with E-state index in [-0.39, 0.29) is 11.3 Å². The molecule has 146 valence electrons. The lowest BCUT2D eigenvalue weighted by Crippen LogP contribution is -2.14. The summed E-state index contributed by atoms with van der Waals surface area (Å²) in [5, 5.41) is 3.47. The Morgan fingerprint density at radius 1 is 1.03 bits per heavy atom. The number of hydrogen-bond donors (Lipinski definition) is 1. The Balaban J connectivity index is 1.79. The molecule has 2 aromatic carbocycles. The van der Waals surface area contributed by atoms with Gasteiger partial charge in [0.25, 0.3) is 5.91 Å². The van der Waals surface area contributed by atoms with Crippen molar-refractivity contribution in [3.05, 3.63) is 76.1 Å². The highest BCUT2D eigenvalue weighted by Crippen LogP contribution is 2.35. The summed E-state index contributed by atoms with van der Waals surface area (Å²) >= 11 is 1.23. The van der Waals surface area contributed by atoms with Crippen LogP contribution in [0.1, 0.15) is 26.8 Å². The maximum Gasteiger partial charge on any atom is 0.266 e. The van der Waals surface area contributed by atoms with Crippen LogP contribution in [-0.4, -0.2) is 15.9 Å². The van der Waals surface area contributed by atoms with E-state index < -0.39 is 17.5 Å². The number of fused-ring (bicyclic) bond motifs is 1. The SMILES string of the molecule is Cc1nc(C)c2c(C)c(C(=O)Nc3c(F)cc(F)cc3-c3ccccc3)sc2n1. The smallest absolute Gasteiger partial charge is 0.266 e. The zero-order valence-corrected chi connectivity index (χ0v) is 16.8. The highest BCUT2D eigenvalue weighted by Gasteiger charge is 2.22. The molecule has 0 bridgehead atoms. The lowest BCUT2D eigenvalue weighted by molar-refractivity contribution is 0.102. The minimum atomic E-state index is -0.831.